The van der Waals surface area contributed by atoms with Gasteiger partial charge in [0.15, 0.2) is 0 Å². The Hall–Kier alpha value is -3.98. The summed E-state index contributed by atoms with van der Waals surface area (Å²) in [6.45, 7) is 2.80. The number of rotatable bonds is 7. The topological polar surface area (TPSA) is 67.2 Å². The lowest BCUT2D eigenvalue weighted by atomic mass is 10.1. The van der Waals surface area contributed by atoms with Gasteiger partial charge in [-0.05, 0) is 47.5 Å². The van der Waals surface area contributed by atoms with Gasteiger partial charge < -0.3 is 9.14 Å². The SMILES string of the molecule is COc1cccc(-c2nc3ccc(-c4ccccc4)cn3c2CN2CCN(S(=O)(=O)c3ccccc3)CC2)c1. The quantitative estimate of drug-likeness (QED) is 0.286. The third-order valence-electron chi connectivity index (χ3n) is 7.25. The van der Waals surface area contributed by atoms with Crippen molar-refractivity contribution in [1.82, 2.24) is 18.6 Å². The second kappa shape index (κ2) is 10.6. The van der Waals surface area contributed by atoms with Crippen LogP contribution in [0.3, 0.4) is 0 Å². The molecule has 3 aromatic carbocycles. The fourth-order valence-electron chi connectivity index (χ4n) is 5.13. The molecule has 0 atom stereocenters. The van der Waals surface area contributed by atoms with Crippen molar-refractivity contribution >= 4 is 15.7 Å². The van der Waals surface area contributed by atoms with Crippen LogP contribution in [0.2, 0.25) is 0 Å². The fourth-order valence-corrected chi connectivity index (χ4v) is 6.57. The Morgan fingerprint density at radius 2 is 1.46 bits per heavy atom. The molecule has 0 amide bonds. The van der Waals surface area contributed by atoms with E-state index in [4.69, 9.17) is 9.72 Å². The number of methoxy groups -OCH3 is 1. The molecule has 5 aromatic rings. The third kappa shape index (κ3) is 5.06. The molecular formula is C31H30N4O3S. The lowest BCUT2D eigenvalue weighted by Gasteiger charge is -2.34. The monoisotopic (exact) mass is 538 g/mol. The van der Waals surface area contributed by atoms with Crippen LogP contribution in [0, 0.1) is 0 Å². The molecule has 2 aromatic heterocycles. The molecule has 6 rings (SSSR count). The summed E-state index contributed by atoms with van der Waals surface area (Å²) in [5.41, 5.74) is 6.07. The van der Waals surface area contributed by atoms with Gasteiger partial charge in [0.05, 0.1) is 23.4 Å². The van der Waals surface area contributed by atoms with E-state index in [1.165, 1.54) is 0 Å². The van der Waals surface area contributed by atoms with Crippen LogP contribution in [-0.2, 0) is 16.6 Å². The van der Waals surface area contributed by atoms with Gasteiger partial charge in [-0.25, -0.2) is 13.4 Å². The average Bonchev–Trinajstić information content (AvgIpc) is 3.36. The maximum atomic E-state index is 13.1. The lowest BCUT2D eigenvalue weighted by Crippen LogP contribution is -2.48. The summed E-state index contributed by atoms with van der Waals surface area (Å²) in [6.07, 6.45) is 2.15. The summed E-state index contributed by atoms with van der Waals surface area (Å²) in [6, 6.07) is 31.1. The molecule has 1 fully saturated rings. The number of aromatic nitrogens is 2. The van der Waals surface area contributed by atoms with Crippen molar-refractivity contribution in [3.63, 3.8) is 0 Å². The molecule has 7 nitrogen and oxygen atoms in total. The van der Waals surface area contributed by atoms with E-state index in [-0.39, 0.29) is 0 Å². The van der Waals surface area contributed by atoms with Gasteiger partial charge in [-0.2, -0.15) is 4.31 Å². The van der Waals surface area contributed by atoms with Crippen LogP contribution in [0.5, 0.6) is 5.75 Å². The normalized spacial score (nSPS) is 15.0. The Morgan fingerprint density at radius 1 is 0.769 bits per heavy atom. The van der Waals surface area contributed by atoms with E-state index >= 15 is 0 Å². The molecule has 3 heterocycles. The van der Waals surface area contributed by atoms with Gasteiger partial charge in [-0.3, -0.25) is 4.90 Å². The highest BCUT2D eigenvalue weighted by Crippen LogP contribution is 2.31. The Balaban J connectivity index is 1.33. The minimum Gasteiger partial charge on any atom is -0.497 e. The highest BCUT2D eigenvalue weighted by atomic mass is 32.2. The first-order valence-electron chi connectivity index (χ1n) is 13.0. The first-order chi connectivity index (χ1) is 19.0. The maximum absolute atomic E-state index is 13.1. The zero-order valence-electron chi connectivity index (χ0n) is 21.8. The maximum Gasteiger partial charge on any atom is 0.243 e. The molecule has 0 spiro atoms. The van der Waals surface area contributed by atoms with Gasteiger partial charge in [-0.15, -0.1) is 0 Å². The number of sulfonamides is 1. The zero-order chi connectivity index (χ0) is 26.8. The van der Waals surface area contributed by atoms with Crippen molar-refractivity contribution in [1.29, 1.82) is 0 Å². The molecule has 1 aliphatic rings. The number of hydrogen-bond acceptors (Lipinski definition) is 5. The second-order valence-electron chi connectivity index (χ2n) is 9.64. The van der Waals surface area contributed by atoms with Gasteiger partial charge in [0.25, 0.3) is 0 Å². The van der Waals surface area contributed by atoms with Crippen LogP contribution in [0.15, 0.2) is 108 Å². The molecule has 0 aliphatic carbocycles. The predicted molar refractivity (Wildman–Crippen MR) is 153 cm³/mol. The molecule has 1 saturated heterocycles. The van der Waals surface area contributed by atoms with Crippen LogP contribution < -0.4 is 4.74 Å². The first kappa shape index (κ1) is 25.3. The van der Waals surface area contributed by atoms with Gasteiger partial charge >= 0.3 is 0 Å². The minimum absolute atomic E-state index is 0.342. The van der Waals surface area contributed by atoms with Crippen LogP contribution in [0.4, 0.5) is 0 Å². The van der Waals surface area contributed by atoms with Crippen LogP contribution in [-0.4, -0.2) is 60.3 Å². The van der Waals surface area contributed by atoms with Crippen molar-refractivity contribution < 1.29 is 13.2 Å². The molecular weight excluding hydrogens is 508 g/mol. The molecule has 39 heavy (non-hydrogen) atoms. The number of ether oxygens (including phenoxy) is 1. The summed E-state index contributed by atoms with van der Waals surface area (Å²) >= 11 is 0. The number of piperazine rings is 1. The summed E-state index contributed by atoms with van der Waals surface area (Å²) < 4.78 is 35.5. The molecule has 0 saturated carbocycles. The summed E-state index contributed by atoms with van der Waals surface area (Å²) in [7, 11) is -1.84. The minimum atomic E-state index is -3.50. The van der Waals surface area contributed by atoms with Crippen molar-refractivity contribution in [2.75, 3.05) is 33.3 Å². The van der Waals surface area contributed by atoms with E-state index < -0.39 is 10.0 Å². The smallest absolute Gasteiger partial charge is 0.243 e. The standard InChI is InChI=1S/C31H30N4O3S/c1-38-27-12-8-11-25(21-27)31-29(35-22-26(15-16-30(35)32-31)24-9-4-2-5-10-24)23-33-17-19-34(20-18-33)39(36,37)28-13-6-3-7-14-28/h2-16,21-22H,17-20,23H2,1H3. The van der Waals surface area contributed by atoms with Gasteiger partial charge in [-0.1, -0.05) is 60.7 Å². The Kier molecular flexibility index (Phi) is 6.91. The molecule has 1 aliphatic heterocycles. The average molecular weight is 539 g/mol. The van der Waals surface area contributed by atoms with Crippen LogP contribution in [0.1, 0.15) is 5.69 Å². The van der Waals surface area contributed by atoms with E-state index in [9.17, 15) is 8.42 Å². The van der Waals surface area contributed by atoms with Crippen molar-refractivity contribution in [2.24, 2.45) is 0 Å². The molecule has 8 heteroatoms. The highest BCUT2D eigenvalue weighted by Gasteiger charge is 2.29. The molecule has 0 N–H and O–H groups in total. The number of nitrogens with zero attached hydrogens (tertiary/aromatic N) is 4. The Bertz CT molecular complexity index is 1690. The number of fused-ring (bicyclic) bond motifs is 1. The highest BCUT2D eigenvalue weighted by molar-refractivity contribution is 7.89. The zero-order valence-corrected chi connectivity index (χ0v) is 22.6. The largest absolute Gasteiger partial charge is 0.497 e. The van der Waals surface area contributed by atoms with E-state index in [0.29, 0.717) is 37.6 Å². The van der Waals surface area contributed by atoms with E-state index in [1.54, 1.807) is 35.7 Å². The number of imidazole rings is 1. The van der Waals surface area contributed by atoms with Crippen LogP contribution >= 0.6 is 0 Å². The fraction of sp³-hybridized carbons (Fsp3) is 0.194. The lowest BCUT2D eigenvalue weighted by molar-refractivity contribution is 0.180. The van der Waals surface area contributed by atoms with Gasteiger partial charge in [0, 0.05) is 44.5 Å². The number of hydrogen-bond donors (Lipinski definition) is 0. The predicted octanol–water partition coefficient (Wildman–Crippen LogP) is 5.18. The number of benzene rings is 3. The third-order valence-corrected chi connectivity index (χ3v) is 9.17. The van der Waals surface area contributed by atoms with Crippen molar-refractivity contribution in [3.05, 3.63) is 109 Å². The van der Waals surface area contributed by atoms with E-state index in [2.05, 4.69) is 45.8 Å². The van der Waals surface area contributed by atoms with E-state index in [0.717, 1.165) is 39.5 Å². The first-order valence-corrected chi connectivity index (χ1v) is 14.5. The van der Waals surface area contributed by atoms with Crippen molar-refractivity contribution in [2.45, 2.75) is 11.4 Å². The molecule has 0 bridgehead atoms. The van der Waals surface area contributed by atoms with Gasteiger partial charge in [0.1, 0.15) is 11.4 Å². The number of pyridine rings is 1. The molecule has 198 valence electrons. The van der Waals surface area contributed by atoms with Crippen LogP contribution in [0.25, 0.3) is 28.0 Å². The Labute approximate surface area is 229 Å². The summed E-state index contributed by atoms with van der Waals surface area (Å²) in [4.78, 5) is 7.67. The summed E-state index contributed by atoms with van der Waals surface area (Å²) in [5.74, 6) is 0.778. The van der Waals surface area contributed by atoms with Gasteiger partial charge in [0.2, 0.25) is 10.0 Å². The van der Waals surface area contributed by atoms with E-state index in [1.807, 2.05) is 42.5 Å². The molecule has 0 unspecified atom stereocenters. The molecule has 0 radical (unpaired) electrons. The summed E-state index contributed by atoms with van der Waals surface area (Å²) in [5, 5.41) is 0. The second-order valence-corrected chi connectivity index (χ2v) is 11.6. The van der Waals surface area contributed by atoms with Crippen molar-refractivity contribution in [3.8, 4) is 28.1 Å². The Morgan fingerprint density at radius 3 is 2.18 bits per heavy atom.